The fraction of sp³-hybridized carbons (Fsp3) is 0.0714. The van der Waals surface area contributed by atoms with Gasteiger partial charge in [-0.2, -0.15) is 0 Å². The van der Waals surface area contributed by atoms with Crippen LogP contribution in [0.3, 0.4) is 0 Å². The Morgan fingerprint density at radius 2 is 1.65 bits per heavy atom. The number of carboxylic acid groups (broad SMARTS) is 2. The zero-order valence-corrected chi connectivity index (χ0v) is 11.6. The Morgan fingerprint density at radius 3 is 2.15 bits per heavy atom. The molecule has 109 valence electrons. The minimum absolute atomic E-state index is 0. The van der Waals surface area contributed by atoms with E-state index in [1.807, 2.05) is 18.2 Å². The number of benzene rings is 1. The van der Waals surface area contributed by atoms with Gasteiger partial charge in [-0.1, -0.05) is 30.8 Å². The third-order valence-corrected chi connectivity index (χ3v) is 2.18. The van der Waals surface area contributed by atoms with Crippen LogP contribution in [0.1, 0.15) is 17.4 Å². The molecule has 0 spiro atoms. The number of aliphatic carboxylic acids is 1. The van der Waals surface area contributed by atoms with E-state index in [0.717, 1.165) is 5.39 Å². The second-order valence-corrected chi connectivity index (χ2v) is 3.78. The Labute approximate surface area is 126 Å². The Kier molecular flexibility index (Phi) is 7.21. The summed E-state index contributed by atoms with van der Waals surface area (Å²) >= 11 is 0. The molecule has 0 amide bonds. The number of aromatic nitrogens is 1. The van der Waals surface area contributed by atoms with Gasteiger partial charge in [-0.05, 0) is 19.1 Å². The second-order valence-electron chi connectivity index (χ2n) is 3.78. The smallest absolute Gasteiger partial charge is 0.354 e. The molecule has 2 N–H and O–H groups in total. The predicted molar refractivity (Wildman–Crippen MR) is 71.2 cm³/mol. The maximum absolute atomic E-state index is 10.6. The SMILES string of the molecule is C=C(C)C(=O)O.O=C(O)c1ccc2ccccc2n1.[Cu]. The molecule has 0 saturated carbocycles. The van der Waals surface area contributed by atoms with Gasteiger partial charge >= 0.3 is 11.9 Å². The molecule has 0 atom stereocenters. The van der Waals surface area contributed by atoms with Gasteiger partial charge in [0, 0.05) is 28.0 Å². The van der Waals surface area contributed by atoms with E-state index in [-0.39, 0.29) is 28.3 Å². The van der Waals surface area contributed by atoms with Crippen molar-refractivity contribution in [3.63, 3.8) is 0 Å². The van der Waals surface area contributed by atoms with E-state index in [1.54, 1.807) is 12.1 Å². The predicted octanol–water partition coefficient (Wildman–Crippen LogP) is 2.58. The summed E-state index contributed by atoms with van der Waals surface area (Å²) in [6.07, 6.45) is 0. The first-order valence-corrected chi connectivity index (χ1v) is 5.39. The van der Waals surface area contributed by atoms with Gasteiger partial charge in [0.05, 0.1) is 5.52 Å². The second kappa shape index (κ2) is 8.09. The van der Waals surface area contributed by atoms with Crippen LogP contribution in [0, 0.1) is 0 Å². The van der Waals surface area contributed by atoms with Crippen molar-refractivity contribution < 1.29 is 36.9 Å². The minimum Gasteiger partial charge on any atom is -0.478 e. The molecule has 1 heterocycles. The van der Waals surface area contributed by atoms with Gasteiger partial charge in [0.2, 0.25) is 0 Å². The summed E-state index contributed by atoms with van der Waals surface area (Å²) in [6.45, 7) is 4.60. The van der Waals surface area contributed by atoms with Crippen molar-refractivity contribution in [1.82, 2.24) is 4.98 Å². The van der Waals surface area contributed by atoms with Crippen molar-refractivity contribution in [3.05, 3.63) is 54.2 Å². The molecule has 1 aromatic heterocycles. The fourth-order valence-corrected chi connectivity index (χ4v) is 1.19. The number of nitrogens with zero attached hydrogens (tertiary/aromatic N) is 1. The number of fused-ring (bicyclic) bond motifs is 1. The van der Waals surface area contributed by atoms with Gasteiger partial charge in [0.25, 0.3) is 0 Å². The average molecular weight is 323 g/mol. The van der Waals surface area contributed by atoms with E-state index in [2.05, 4.69) is 11.6 Å². The fourth-order valence-electron chi connectivity index (χ4n) is 1.19. The summed E-state index contributed by atoms with van der Waals surface area (Å²) in [4.78, 5) is 24.2. The van der Waals surface area contributed by atoms with E-state index in [1.165, 1.54) is 13.0 Å². The summed E-state index contributed by atoms with van der Waals surface area (Å²) in [5.41, 5.74) is 0.969. The van der Waals surface area contributed by atoms with Crippen LogP contribution in [0.5, 0.6) is 0 Å². The number of aromatic carboxylic acids is 1. The molecular formula is C14H13CuNO4. The van der Waals surface area contributed by atoms with E-state index < -0.39 is 11.9 Å². The van der Waals surface area contributed by atoms with Crippen LogP contribution >= 0.6 is 0 Å². The Balaban J connectivity index is 0.000000448. The number of rotatable bonds is 2. The standard InChI is InChI=1S/C10H7NO2.C4H6O2.Cu/c12-10(13)9-6-5-7-3-1-2-4-8(7)11-9;1-3(2)4(5)6;/h1-6H,(H,12,13);1H2,2H3,(H,5,6);. The van der Waals surface area contributed by atoms with Crippen molar-refractivity contribution in [3.8, 4) is 0 Å². The number of carbonyl (C=O) groups is 2. The van der Waals surface area contributed by atoms with Gasteiger partial charge in [0.15, 0.2) is 0 Å². The first-order chi connectivity index (χ1) is 8.91. The molecule has 2 rings (SSSR count). The molecule has 0 unspecified atom stereocenters. The molecule has 0 aliphatic rings. The monoisotopic (exact) mass is 322 g/mol. The van der Waals surface area contributed by atoms with Gasteiger partial charge < -0.3 is 10.2 Å². The summed E-state index contributed by atoms with van der Waals surface area (Å²) < 4.78 is 0. The van der Waals surface area contributed by atoms with Crippen LogP contribution in [0.4, 0.5) is 0 Å². The number of hydrogen-bond donors (Lipinski definition) is 2. The maximum atomic E-state index is 10.6. The Bertz CT molecular complexity index is 628. The number of pyridine rings is 1. The number of para-hydroxylation sites is 1. The quantitative estimate of drug-likeness (QED) is 0.655. The minimum atomic E-state index is -0.995. The maximum Gasteiger partial charge on any atom is 0.354 e. The first-order valence-electron chi connectivity index (χ1n) is 5.39. The summed E-state index contributed by atoms with van der Waals surface area (Å²) in [5.74, 6) is -1.93. The van der Waals surface area contributed by atoms with Gasteiger partial charge in [-0.3, -0.25) is 0 Å². The molecule has 0 fully saturated rings. The Hall–Kier alpha value is -2.17. The zero-order valence-electron chi connectivity index (χ0n) is 10.6. The van der Waals surface area contributed by atoms with Crippen LogP contribution in [0.25, 0.3) is 10.9 Å². The molecular weight excluding hydrogens is 310 g/mol. The van der Waals surface area contributed by atoms with Gasteiger partial charge in [-0.25, -0.2) is 14.6 Å². The van der Waals surface area contributed by atoms with Crippen molar-refractivity contribution >= 4 is 22.8 Å². The topological polar surface area (TPSA) is 87.5 Å². The van der Waals surface area contributed by atoms with Crippen LogP contribution in [-0.2, 0) is 21.9 Å². The molecule has 20 heavy (non-hydrogen) atoms. The van der Waals surface area contributed by atoms with Gasteiger partial charge in [0.1, 0.15) is 5.69 Å². The molecule has 1 aromatic carbocycles. The van der Waals surface area contributed by atoms with E-state index in [9.17, 15) is 9.59 Å². The summed E-state index contributed by atoms with van der Waals surface area (Å²) in [6, 6.07) is 10.7. The average Bonchev–Trinajstić information content (AvgIpc) is 2.38. The number of hydrogen-bond acceptors (Lipinski definition) is 3. The largest absolute Gasteiger partial charge is 0.478 e. The van der Waals surface area contributed by atoms with Crippen LogP contribution < -0.4 is 0 Å². The summed E-state index contributed by atoms with van der Waals surface area (Å²) in [5, 5.41) is 17.5. The molecule has 0 aliphatic carbocycles. The van der Waals surface area contributed by atoms with E-state index >= 15 is 0 Å². The van der Waals surface area contributed by atoms with Crippen LogP contribution in [-0.4, -0.2) is 27.1 Å². The summed E-state index contributed by atoms with van der Waals surface area (Å²) in [7, 11) is 0. The molecule has 1 radical (unpaired) electrons. The van der Waals surface area contributed by atoms with Crippen LogP contribution in [0.2, 0.25) is 0 Å². The molecule has 0 saturated heterocycles. The number of carboxylic acids is 2. The first kappa shape index (κ1) is 17.8. The van der Waals surface area contributed by atoms with Crippen molar-refractivity contribution in [2.45, 2.75) is 6.92 Å². The zero-order chi connectivity index (χ0) is 14.4. The third kappa shape index (κ3) is 5.22. The van der Waals surface area contributed by atoms with E-state index in [4.69, 9.17) is 10.2 Å². The molecule has 6 heteroatoms. The molecule has 0 bridgehead atoms. The molecule has 2 aromatic rings. The molecule has 5 nitrogen and oxygen atoms in total. The molecule has 0 aliphatic heterocycles. The van der Waals surface area contributed by atoms with E-state index in [0.29, 0.717) is 5.52 Å². The van der Waals surface area contributed by atoms with Gasteiger partial charge in [-0.15, -0.1) is 0 Å². The Morgan fingerprint density at radius 1 is 1.10 bits per heavy atom. The van der Waals surface area contributed by atoms with Crippen molar-refractivity contribution in [2.75, 3.05) is 0 Å². The third-order valence-electron chi connectivity index (χ3n) is 2.18. The van der Waals surface area contributed by atoms with Crippen molar-refractivity contribution in [1.29, 1.82) is 0 Å². The van der Waals surface area contributed by atoms with Crippen molar-refractivity contribution in [2.24, 2.45) is 0 Å². The normalized spacial score (nSPS) is 8.85. The van der Waals surface area contributed by atoms with Crippen LogP contribution in [0.15, 0.2) is 48.6 Å².